The summed E-state index contributed by atoms with van der Waals surface area (Å²) in [6.45, 7) is 0. The lowest BCUT2D eigenvalue weighted by Gasteiger charge is -1.93. The van der Waals surface area contributed by atoms with Crippen LogP contribution < -0.4 is 0 Å². The highest BCUT2D eigenvalue weighted by molar-refractivity contribution is 5.14. The Bertz CT molecular complexity index is 243. The molecule has 1 heterocycles. The van der Waals surface area contributed by atoms with E-state index in [1.165, 1.54) is 18.9 Å². The van der Waals surface area contributed by atoms with Gasteiger partial charge in [0.05, 0.1) is 0 Å². The van der Waals surface area contributed by atoms with Crippen LogP contribution in [0.15, 0.2) is 18.2 Å². The van der Waals surface area contributed by atoms with Gasteiger partial charge < -0.3 is 0 Å². The predicted molar refractivity (Wildman–Crippen MR) is 36.2 cm³/mol. The molecule has 0 saturated heterocycles. The first kappa shape index (κ1) is 5.83. The Morgan fingerprint density at radius 1 is 1.40 bits per heavy atom. The lowest BCUT2D eigenvalue weighted by Crippen LogP contribution is -1.87. The highest BCUT2D eigenvalue weighted by Gasteiger charge is 2.24. The Labute approximate surface area is 58.9 Å². The zero-order chi connectivity index (χ0) is 6.97. The number of rotatable bonds is 1. The molecule has 1 saturated carbocycles. The SMILES string of the molecule is Fc1cccc(C2CC2)n1. The second kappa shape index (κ2) is 2.04. The molecule has 0 bridgehead atoms. The average Bonchev–Trinajstić information content (AvgIpc) is 2.68. The van der Waals surface area contributed by atoms with E-state index in [4.69, 9.17) is 0 Å². The number of pyridine rings is 1. The summed E-state index contributed by atoms with van der Waals surface area (Å²) in [7, 11) is 0. The quantitative estimate of drug-likeness (QED) is 0.540. The topological polar surface area (TPSA) is 12.9 Å². The van der Waals surface area contributed by atoms with E-state index in [1.807, 2.05) is 6.07 Å². The van der Waals surface area contributed by atoms with Crippen LogP contribution in [-0.4, -0.2) is 4.98 Å². The molecule has 0 aliphatic heterocycles. The number of nitrogens with zero attached hydrogens (tertiary/aromatic N) is 1. The lowest BCUT2D eigenvalue weighted by atomic mass is 10.2. The second-order valence-corrected chi connectivity index (χ2v) is 2.66. The fourth-order valence-corrected chi connectivity index (χ4v) is 1.03. The van der Waals surface area contributed by atoms with Crippen LogP contribution in [-0.2, 0) is 0 Å². The number of hydrogen-bond donors (Lipinski definition) is 0. The first-order valence-corrected chi connectivity index (χ1v) is 3.49. The van der Waals surface area contributed by atoms with Crippen molar-refractivity contribution >= 4 is 0 Å². The van der Waals surface area contributed by atoms with Gasteiger partial charge in [-0.1, -0.05) is 6.07 Å². The molecule has 2 heteroatoms. The summed E-state index contributed by atoms with van der Waals surface area (Å²) >= 11 is 0. The molecule has 1 aliphatic rings. The van der Waals surface area contributed by atoms with Gasteiger partial charge in [-0.2, -0.15) is 4.39 Å². The molecule has 0 unspecified atom stereocenters. The largest absolute Gasteiger partial charge is 0.225 e. The smallest absolute Gasteiger partial charge is 0.213 e. The summed E-state index contributed by atoms with van der Waals surface area (Å²) in [5, 5.41) is 0. The molecule has 0 atom stereocenters. The van der Waals surface area contributed by atoms with Crippen molar-refractivity contribution in [3.8, 4) is 0 Å². The van der Waals surface area contributed by atoms with Gasteiger partial charge in [-0.25, -0.2) is 4.98 Å². The minimum Gasteiger partial charge on any atom is -0.225 e. The van der Waals surface area contributed by atoms with E-state index in [0.29, 0.717) is 5.92 Å². The van der Waals surface area contributed by atoms with E-state index in [0.717, 1.165) is 5.69 Å². The predicted octanol–water partition coefficient (Wildman–Crippen LogP) is 2.10. The van der Waals surface area contributed by atoms with Crippen LogP contribution in [0.1, 0.15) is 24.5 Å². The molecule has 0 spiro atoms. The van der Waals surface area contributed by atoms with E-state index in [9.17, 15) is 4.39 Å². The van der Waals surface area contributed by atoms with Crippen LogP contribution >= 0.6 is 0 Å². The summed E-state index contributed by atoms with van der Waals surface area (Å²) in [6.07, 6.45) is 2.35. The third-order valence-corrected chi connectivity index (χ3v) is 1.73. The fraction of sp³-hybridized carbons (Fsp3) is 0.375. The van der Waals surface area contributed by atoms with Gasteiger partial charge in [-0.15, -0.1) is 0 Å². The minimum atomic E-state index is -0.357. The van der Waals surface area contributed by atoms with E-state index < -0.39 is 0 Å². The first-order valence-electron chi connectivity index (χ1n) is 3.49. The molecular weight excluding hydrogens is 129 g/mol. The summed E-state index contributed by atoms with van der Waals surface area (Å²) in [5.74, 6) is 0.195. The van der Waals surface area contributed by atoms with E-state index in [2.05, 4.69) is 4.98 Å². The van der Waals surface area contributed by atoms with Crippen molar-refractivity contribution in [2.45, 2.75) is 18.8 Å². The molecule has 0 aromatic carbocycles. The van der Waals surface area contributed by atoms with Crippen LogP contribution in [0.5, 0.6) is 0 Å². The normalized spacial score (nSPS) is 17.3. The molecule has 0 amide bonds. The van der Waals surface area contributed by atoms with Crippen LogP contribution in [0.2, 0.25) is 0 Å². The van der Waals surface area contributed by atoms with Gasteiger partial charge in [0, 0.05) is 11.6 Å². The Hall–Kier alpha value is -0.920. The third-order valence-electron chi connectivity index (χ3n) is 1.73. The number of hydrogen-bond acceptors (Lipinski definition) is 1. The van der Waals surface area contributed by atoms with Crippen LogP contribution in [0, 0.1) is 5.95 Å². The monoisotopic (exact) mass is 137 g/mol. The van der Waals surface area contributed by atoms with Crippen LogP contribution in [0.25, 0.3) is 0 Å². The molecule has 1 nitrogen and oxygen atoms in total. The van der Waals surface area contributed by atoms with Crippen molar-refractivity contribution < 1.29 is 4.39 Å². The molecule has 1 fully saturated rings. The standard InChI is InChI=1S/C8H8FN/c9-8-3-1-2-7(10-8)6-4-5-6/h1-3,6H,4-5H2. The van der Waals surface area contributed by atoms with Gasteiger partial charge in [-0.3, -0.25) is 0 Å². The highest BCUT2D eigenvalue weighted by atomic mass is 19.1. The molecule has 2 rings (SSSR count). The molecule has 1 aromatic heterocycles. The van der Waals surface area contributed by atoms with Gasteiger partial charge in [0.1, 0.15) is 0 Å². The highest BCUT2D eigenvalue weighted by Crippen LogP contribution is 2.38. The molecule has 1 aliphatic carbocycles. The Balaban J connectivity index is 2.32. The van der Waals surface area contributed by atoms with Crippen molar-refractivity contribution in [3.05, 3.63) is 29.8 Å². The van der Waals surface area contributed by atoms with Crippen molar-refractivity contribution in [1.29, 1.82) is 0 Å². The average molecular weight is 137 g/mol. The molecule has 1 aromatic rings. The Kier molecular flexibility index (Phi) is 1.19. The first-order chi connectivity index (χ1) is 4.86. The van der Waals surface area contributed by atoms with Gasteiger partial charge in [0.15, 0.2) is 0 Å². The molecular formula is C8H8FN. The maximum Gasteiger partial charge on any atom is 0.213 e. The van der Waals surface area contributed by atoms with E-state index in [1.54, 1.807) is 6.07 Å². The van der Waals surface area contributed by atoms with Crippen molar-refractivity contribution in [3.63, 3.8) is 0 Å². The summed E-state index contributed by atoms with van der Waals surface area (Å²) < 4.78 is 12.4. The van der Waals surface area contributed by atoms with Crippen molar-refractivity contribution in [2.24, 2.45) is 0 Å². The summed E-state index contributed by atoms with van der Waals surface area (Å²) in [4.78, 5) is 3.77. The Morgan fingerprint density at radius 2 is 2.20 bits per heavy atom. The van der Waals surface area contributed by atoms with Gasteiger partial charge >= 0.3 is 0 Å². The van der Waals surface area contributed by atoms with Crippen molar-refractivity contribution in [1.82, 2.24) is 4.98 Å². The fourth-order valence-electron chi connectivity index (χ4n) is 1.03. The van der Waals surface area contributed by atoms with Crippen LogP contribution in [0.4, 0.5) is 4.39 Å². The number of aromatic nitrogens is 1. The van der Waals surface area contributed by atoms with Gasteiger partial charge in [0.2, 0.25) is 5.95 Å². The minimum absolute atomic E-state index is 0.357. The van der Waals surface area contributed by atoms with Crippen LogP contribution in [0.3, 0.4) is 0 Å². The Morgan fingerprint density at radius 3 is 2.80 bits per heavy atom. The summed E-state index contributed by atoms with van der Waals surface area (Å²) in [6, 6.07) is 4.99. The zero-order valence-corrected chi connectivity index (χ0v) is 5.55. The maximum absolute atomic E-state index is 12.4. The zero-order valence-electron chi connectivity index (χ0n) is 5.55. The second-order valence-electron chi connectivity index (χ2n) is 2.66. The van der Waals surface area contributed by atoms with Crippen molar-refractivity contribution in [2.75, 3.05) is 0 Å². The summed E-state index contributed by atoms with van der Waals surface area (Å²) in [5.41, 5.74) is 0.917. The van der Waals surface area contributed by atoms with E-state index in [-0.39, 0.29) is 5.95 Å². The molecule has 0 N–H and O–H groups in total. The maximum atomic E-state index is 12.4. The lowest BCUT2D eigenvalue weighted by molar-refractivity contribution is 0.577. The molecule has 10 heavy (non-hydrogen) atoms. The molecule has 52 valence electrons. The molecule has 0 radical (unpaired) electrons. The third kappa shape index (κ3) is 1.01. The van der Waals surface area contributed by atoms with Gasteiger partial charge in [-0.05, 0) is 25.0 Å². The van der Waals surface area contributed by atoms with E-state index >= 15 is 0 Å². The number of halogens is 1. The van der Waals surface area contributed by atoms with Gasteiger partial charge in [0.25, 0.3) is 0 Å².